The van der Waals surface area contributed by atoms with Gasteiger partial charge in [0.05, 0.1) is 16.3 Å². The zero-order chi connectivity index (χ0) is 25.1. The Morgan fingerprint density at radius 2 is 1.91 bits per heavy atom. The quantitative estimate of drug-likeness (QED) is 0.425. The van der Waals surface area contributed by atoms with E-state index >= 15 is 0 Å². The lowest BCUT2D eigenvalue weighted by molar-refractivity contribution is -0.141. The molecule has 0 radical (unpaired) electrons. The lowest BCUT2D eigenvalue weighted by Gasteiger charge is -2.17. The van der Waals surface area contributed by atoms with E-state index in [1.165, 1.54) is 43.3 Å². The zero-order valence-corrected chi connectivity index (χ0v) is 21.1. The van der Waals surface area contributed by atoms with Gasteiger partial charge in [0.2, 0.25) is 0 Å². The van der Waals surface area contributed by atoms with Crippen LogP contribution < -0.4 is 11.1 Å². The number of benzene rings is 1. The molecule has 2 aromatic rings. The molecular formula is C20H17Br2ClF3N5O2. The first kappa shape index (κ1) is 26.7. The number of alkyl halides is 3. The lowest BCUT2D eigenvalue weighted by atomic mass is 10.1. The predicted octanol–water partition coefficient (Wildman–Crippen LogP) is 5.45. The molecule has 33 heavy (non-hydrogen) atoms. The number of carbonyl (C=O) groups excluding carboxylic acids is 2. The van der Waals surface area contributed by atoms with Crippen LogP contribution in [0.15, 0.2) is 57.0 Å². The number of nitrogens with zero attached hydrogens (tertiary/aromatic N) is 3. The molecule has 0 fully saturated rings. The number of carbonyl (C=O) groups is 2. The molecule has 176 valence electrons. The fraction of sp³-hybridized carbons (Fsp3) is 0.150. The van der Waals surface area contributed by atoms with Crippen LogP contribution in [0.1, 0.15) is 26.5 Å². The molecular weight excluding hydrogens is 595 g/mol. The van der Waals surface area contributed by atoms with E-state index in [0.717, 1.165) is 0 Å². The third kappa shape index (κ3) is 6.27. The molecule has 1 aromatic heterocycles. The van der Waals surface area contributed by atoms with Gasteiger partial charge in [-0.25, -0.2) is 4.68 Å². The summed E-state index contributed by atoms with van der Waals surface area (Å²) in [5.74, 6) is -1.88. The molecule has 1 aromatic carbocycles. The van der Waals surface area contributed by atoms with Crippen molar-refractivity contribution >= 4 is 66.8 Å². The largest absolute Gasteiger partial charge is 0.435 e. The van der Waals surface area contributed by atoms with Crippen molar-refractivity contribution in [3.05, 3.63) is 73.9 Å². The zero-order valence-electron chi connectivity index (χ0n) is 17.2. The first-order chi connectivity index (χ1) is 15.3. The van der Waals surface area contributed by atoms with Gasteiger partial charge in [-0.1, -0.05) is 46.3 Å². The van der Waals surface area contributed by atoms with Crippen LogP contribution in [0.3, 0.4) is 0 Å². The van der Waals surface area contributed by atoms with Crippen molar-refractivity contribution in [1.29, 1.82) is 0 Å². The third-order valence-corrected chi connectivity index (χ3v) is 5.42. The molecule has 1 heterocycles. The normalized spacial score (nSPS) is 12.5. The third-order valence-electron chi connectivity index (χ3n) is 4.01. The minimum Gasteiger partial charge on any atom is -0.382 e. The Morgan fingerprint density at radius 3 is 2.45 bits per heavy atom. The van der Waals surface area contributed by atoms with Gasteiger partial charge < -0.3 is 16.0 Å². The number of anilines is 1. The molecule has 0 aliphatic heterocycles. The molecule has 0 aliphatic carbocycles. The minimum atomic E-state index is -4.85. The second kappa shape index (κ2) is 10.6. The average Bonchev–Trinajstić information content (AvgIpc) is 3.18. The van der Waals surface area contributed by atoms with Crippen molar-refractivity contribution in [1.82, 2.24) is 14.7 Å². The Hall–Kier alpha value is -2.57. The molecule has 0 saturated carbocycles. The number of hydrogen-bond donors (Lipinski definition) is 2. The van der Waals surface area contributed by atoms with Crippen molar-refractivity contribution in [2.45, 2.75) is 6.18 Å². The van der Waals surface area contributed by atoms with E-state index in [-0.39, 0.29) is 16.3 Å². The van der Waals surface area contributed by atoms with Crippen molar-refractivity contribution in [3.63, 3.8) is 0 Å². The Labute approximate surface area is 209 Å². The minimum absolute atomic E-state index is 0.0448. The maximum absolute atomic E-state index is 13.3. The number of nitrogens with one attached hydrogen (secondary N) is 1. The molecule has 0 bridgehead atoms. The van der Waals surface area contributed by atoms with Gasteiger partial charge in [0, 0.05) is 29.1 Å². The first-order valence-corrected chi connectivity index (χ1v) is 10.9. The predicted molar refractivity (Wildman–Crippen MR) is 128 cm³/mol. The molecule has 13 heteroatoms. The number of rotatable bonds is 6. The Kier molecular flexibility index (Phi) is 8.55. The van der Waals surface area contributed by atoms with E-state index in [9.17, 15) is 22.8 Å². The number of hydrogen-bond acceptors (Lipinski definition) is 4. The molecule has 0 atom stereocenters. The number of halogens is 6. The van der Waals surface area contributed by atoms with Crippen LogP contribution in [0.25, 0.3) is 5.82 Å². The van der Waals surface area contributed by atoms with Crippen molar-refractivity contribution < 1.29 is 22.8 Å². The van der Waals surface area contributed by atoms with Gasteiger partial charge in [-0.05, 0) is 34.1 Å². The van der Waals surface area contributed by atoms with Crippen LogP contribution in [0, 0.1) is 0 Å². The Balaban J connectivity index is 2.64. The summed E-state index contributed by atoms with van der Waals surface area (Å²) in [5.41, 5.74) is 4.10. The number of allylic oxidation sites excluding steroid dienone is 4. The Morgan fingerprint density at radius 1 is 1.27 bits per heavy atom. The molecule has 0 aliphatic rings. The van der Waals surface area contributed by atoms with Gasteiger partial charge in [0.1, 0.15) is 11.5 Å². The van der Waals surface area contributed by atoms with Gasteiger partial charge in [-0.3, -0.25) is 9.59 Å². The molecule has 2 rings (SSSR count). The summed E-state index contributed by atoms with van der Waals surface area (Å²) in [4.78, 5) is 26.9. The fourth-order valence-corrected chi connectivity index (χ4v) is 3.97. The van der Waals surface area contributed by atoms with Crippen LogP contribution in [0.4, 0.5) is 18.9 Å². The molecule has 2 amide bonds. The van der Waals surface area contributed by atoms with Gasteiger partial charge in [0.25, 0.3) is 11.8 Å². The summed E-state index contributed by atoms with van der Waals surface area (Å²) in [6.45, 7) is 3.46. The van der Waals surface area contributed by atoms with Gasteiger partial charge in [-0.15, -0.1) is 0 Å². The van der Waals surface area contributed by atoms with E-state index in [2.05, 4.69) is 48.9 Å². The molecule has 0 unspecified atom stereocenters. The average molecular weight is 612 g/mol. The molecule has 3 N–H and O–H groups in total. The number of nitrogens with two attached hydrogens (primary N) is 1. The fourth-order valence-electron chi connectivity index (χ4n) is 2.49. The molecule has 7 nitrogen and oxygen atoms in total. The maximum atomic E-state index is 13.3. The summed E-state index contributed by atoms with van der Waals surface area (Å²) < 4.78 is 41.4. The highest BCUT2D eigenvalue weighted by Crippen LogP contribution is 2.33. The van der Waals surface area contributed by atoms with Gasteiger partial charge in [-0.2, -0.15) is 18.3 Å². The summed E-state index contributed by atoms with van der Waals surface area (Å²) in [6, 6.07) is 3.56. The van der Waals surface area contributed by atoms with E-state index in [0.29, 0.717) is 19.7 Å². The van der Waals surface area contributed by atoms with E-state index in [1.54, 1.807) is 6.07 Å². The highest BCUT2D eigenvalue weighted by atomic mass is 79.9. The van der Waals surface area contributed by atoms with E-state index < -0.39 is 35.2 Å². The summed E-state index contributed by atoms with van der Waals surface area (Å²) in [6.07, 6.45) is -0.795. The van der Waals surface area contributed by atoms with Crippen molar-refractivity contribution in [2.24, 2.45) is 5.73 Å². The first-order valence-electron chi connectivity index (χ1n) is 8.92. The Bertz CT molecular complexity index is 1170. The second-order valence-corrected chi connectivity index (χ2v) is 8.79. The highest BCUT2D eigenvalue weighted by Gasteiger charge is 2.36. The maximum Gasteiger partial charge on any atom is 0.435 e. The van der Waals surface area contributed by atoms with Gasteiger partial charge in [0.15, 0.2) is 5.69 Å². The summed E-state index contributed by atoms with van der Waals surface area (Å²) >= 11 is 12.6. The second-order valence-electron chi connectivity index (χ2n) is 6.62. The molecule has 0 saturated heterocycles. The van der Waals surface area contributed by atoms with E-state index in [1.807, 2.05) is 0 Å². The van der Waals surface area contributed by atoms with Crippen molar-refractivity contribution in [3.8, 4) is 0 Å². The van der Waals surface area contributed by atoms with Crippen molar-refractivity contribution in [2.75, 3.05) is 19.4 Å². The summed E-state index contributed by atoms with van der Waals surface area (Å²) in [7, 11) is 3.02. The topological polar surface area (TPSA) is 93.2 Å². The summed E-state index contributed by atoms with van der Waals surface area (Å²) in [5, 5.41) is 5.70. The number of amides is 2. The lowest BCUT2D eigenvalue weighted by Crippen LogP contribution is -2.25. The van der Waals surface area contributed by atoms with Crippen LogP contribution in [-0.2, 0) is 6.18 Å². The standard InChI is InChI=1S/C20H17Br2ClF3N5O2/c1-4-5-6-13(23)17(27)31-14(9-15(29-31)20(24,25)26)18(32)28-16-11(19(33)30(2)3)7-10(21)8-12(16)22/h4-9H,1,27H2,2-3H3,(H,28,32)/b6-5-,17-13-. The smallest absolute Gasteiger partial charge is 0.382 e. The molecule has 0 spiro atoms. The van der Waals surface area contributed by atoms with Crippen LogP contribution in [0.5, 0.6) is 0 Å². The SMILES string of the molecule is C=C/C=C\C(Cl)=C(/N)n1nc(C(F)(F)F)cc1C(=O)Nc1c(Br)cc(Br)cc1C(=O)N(C)C. The number of aromatic nitrogens is 2. The highest BCUT2D eigenvalue weighted by molar-refractivity contribution is 9.11. The van der Waals surface area contributed by atoms with E-state index in [4.69, 9.17) is 17.3 Å². The van der Waals surface area contributed by atoms with Crippen LogP contribution >= 0.6 is 43.5 Å². The van der Waals surface area contributed by atoms with Gasteiger partial charge >= 0.3 is 6.18 Å². The van der Waals surface area contributed by atoms with Crippen LogP contribution in [0.2, 0.25) is 0 Å². The van der Waals surface area contributed by atoms with Crippen LogP contribution in [-0.4, -0.2) is 40.6 Å². The monoisotopic (exact) mass is 609 g/mol.